The molecule has 0 radical (unpaired) electrons. The van der Waals surface area contributed by atoms with Crippen LogP contribution in [0.5, 0.6) is 11.5 Å². The molecule has 1 aromatic carbocycles. The summed E-state index contributed by atoms with van der Waals surface area (Å²) in [6, 6.07) is 6.56. The summed E-state index contributed by atoms with van der Waals surface area (Å²) in [5.74, 6) is 1.62. The first kappa shape index (κ1) is 17.8. The molecule has 3 rings (SSSR count). The third-order valence-corrected chi connectivity index (χ3v) is 4.80. The van der Waals surface area contributed by atoms with E-state index >= 15 is 0 Å². The van der Waals surface area contributed by atoms with E-state index in [4.69, 9.17) is 9.47 Å². The molecule has 5 heteroatoms. The summed E-state index contributed by atoms with van der Waals surface area (Å²) in [5.41, 5.74) is 3.97. The summed E-state index contributed by atoms with van der Waals surface area (Å²) < 4.78 is 13.3. The van der Waals surface area contributed by atoms with Crippen molar-refractivity contribution in [3.63, 3.8) is 0 Å². The summed E-state index contributed by atoms with van der Waals surface area (Å²) in [5, 5.41) is 8.23. The average molecular weight is 343 g/mol. The van der Waals surface area contributed by atoms with Crippen molar-refractivity contribution in [3.05, 3.63) is 41.2 Å². The Kier molecular flexibility index (Phi) is 5.97. The Morgan fingerprint density at radius 3 is 2.92 bits per heavy atom. The van der Waals surface area contributed by atoms with E-state index in [-0.39, 0.29) is 0 Å². The fourth-order valence-corrected chi connectivity index (χ4v) is 3.50. The number of rotatable bonds is 8. The maximum absolute atomic E-state index is 5.82. The monoisotopic (exact) mass is 343 g/mol. The van der Waals surface area contributed by atoms with Gasteiger partial charge < -0.3 is 14.8 Å². The molecule has 1 N–H and O–H groups in total. The van der Waals surface area contributed by atoms with Crippen molar-refractivity contribution in [1.29, 1.82) is 0 Å². The third kappa shape index (κ3) is 3.98. The number of nitrogens with zero attached hydrogens (tertiary/aromatic N) is 2. The third-order valence-electron chi connectivity index (χ3n) is 4.80. The standard InChI is InChI=1S/C20H29N3O2/c1-4-11-25-20-12-15(9-10-19(20)24-3)13-21-17-7-6-8-18-16(17)14-22-23(18)5-2/h9-10,12,14,17,21H,4-8,11,13H2,1-3H3/t17-/m0/s1. The summed E-state index contributed by atoms with van der Waals surface area (Å²) in [6.07, 6.45) is 6.54. The number of nitrogens with one attached hydrogen (secondary N) is 1. The second-order valence-corrected chi connectivity index (χ2v) is 6.52. The predicted octanol–water partition coefficient (Wildman–Crippen LogP) is 3.87. The molecule has 1 aliphatic rings. The van der Waals surface area contributed by atoms with Gasteiger partial charge in [0.2, 0.25) is 0 Å². The SMILES string of the molecule is CCCOc1cc(CN[C@H]2CCCc3c2cnn3CC)ccc1OC. The van der Waals surface area contributed by atoms with Gasteiger partial charge in [-0.1, -0.05) is 13.0 Å². The molecule has 1 aliphatic carbocycles. The summed E-state index contributed by atoms with van der Waals surface area (Å²) in [7, 11) is 1.68. The molecule has 0 saturated carbocycles. The molecule has 5 nitrogen and oxygen atoms in total. The van der Waals surface area contributed by atoms with E-state index < -0.39 is 0 Å². The van der Waals surface area contributed by atoms with Crippen LogP contribution in [-0.4, -0.2) is 23.5 Å². The lowest BCUT2D eigenvalue weighted by Gasteiger charge is -2.24. The van der Waals surface area contributed by atoms with Gasteiger partial charge in [0.15, 0.2) is 11.5 Å². The van der Waals surface area contributed by atoms with Crippen LogP contribution in [0.1, 0.15) is 56.0 Å². The number of aryl methyl sites for hydroxylation is 1. The fourth-order valence-electron chi connectivity index (χ4n) is 3.50. The van der Waals surface area contributed by atoms with E-state index in [9.17, 15) is 0 Å². The van der Waals surface area contributed by atoms with Gasteiger partial charge in [-0.15, -0.1) is 0 Å². The fraction of sp³-hybridized carbons (Fsp3) is 0.550. The molecule has 0 unspecified atom stereocenters. The van der Waals surface area contributed by atoms with Crippen molar-refractivity contribution in [1.82, 2.24) is 15.1 Å². The first-order valence-corrected chi connectivity index (χ1v) is 9.34. The van der Waals surface area contributed by atoms with Crippen LogP contribution < -0.4 is 14.8 Å². The Morgan fingerprint density at radius 1 is 1.28 bits per heavy atom. The predicted molar refractivity (Wildman–Crippen MR) is 99.2 cm³/mol. The lowest BCUT2D eigenvalue weighted by molar-refractivity contribution is 0.294. The van der Waals surface area contributed by atoms with Crippen molar-refractivity contribution in [2.24, 2.45) is 0 Å². The van der Waals surface area contributed by atoms with Crippen LogP contribution >= 0.6 is 0 Å². The Hall–Kier alpha value is -2.01. The molecule has 0 bridgehead atoms. The lowest BCUT2D eigenvalue weighted by atomic mass is 9.93. The maximum Gasteiger partial charge on any atom is 0.161 e. The van der Waals surface area contributed by atoms with Crippen molar-refractivity contribution in [3.8, 4) is 11.5 Å². The summed E-state index contributed by atoms with van der Waals surface area (Å²) >= 11 is 0. The molecule has 1 heterocycles. The van der Waals surface area contributed by atoms with Gasteiger partial charge >= 0.3 is 0 Å². The van der Waals surface area contributed by atoms with E-state index in [1.165, 1.54) is 23.2 Å². The Labute approximate surface area is 150 Å². The molecule has 0 saturated heterocycles. The van der Waals surface area contributed by atoms with Crippen LogP contribution in [0.2, 0.25) is 0 Å². The van der Waals surface area contributed by atoms with Crippen LogP contribution in [0.15, 0.2) is 24.4 Å². The number of aromatic nitrogens is 2. The second-order valence-electron chi connectivity index (χ2n) is 6.52. The van der Waals surface area contributed by atoms with Gasteiger partial charge in [0.25, 0.3) is 0 Å². The molecule has 136 valence electrons. The van der Waals surface area contributed by atoms with E-state index in [0.717, 1.165) is 43.9 Å². The molecular formula is C20H29N3O2. The quantitative estimate of drug-likeness (QED) is 0.790. The highest BCUT2D eigenvalue weighted by Gasteiger charge is 2.23. The Balaban J connectivity index is 1.69. The van der Waals surface area contributed by atoms with Crippen LogP contribution in [0.4, 0.5) is 0 Å². The Morgan fingerprint density at radius 2 is 2.16 bits per heavy atom. The topological polar surface area (TPSA) is 48.3 Å². The maximum atomic E-state index is 5.82. The second kappa shape index (κ2) is 8.39. The Bertz CT molecular complexity index is 696. The first-order valence-electron chi connectivity index (χ1n) is 9.34. The molecule has 0 spiro atoms. The molecule has 0 fully saturated rings. The number of fused-ring (bicyclic) bond motifs is 1. The van der Waals surface area contributed by atoms with E-state index in [1.807, 2.05) is 12.3 Å². The number of hydrogen-bond donors (Lipinski definition) is 1. The zero-order chi connectivity index (χ0) is 17.6. The van der Waals surface area contributed by atoms with E-state index in [2.05, 4.69) is 41.1 Å². The van der Waals surface area contributed by atoms with E-state index in [1.54, 1.807) is 7.11 Å². The van der Waals surface area contributed by atoms with Crippen molar-refractivity contribution >= 4 is 0 Å². The number of methoxy groups -OCH3 is 1. The zero-order valence-electron chi connectivity index (χ0n) is 15.5. The van der Waals surface area contributed by atoms with Gasteiger partial charge in [0, 0.05) is 30.4 Å². The van der Waals surface area contributed by atoms with Crippen LogP contribution in [0.25, 0.3) is 0 Å². The first-order chi connectivity index (χ1) is 12.3. The van der Waals surface area contributed by atoms with Gasteiger partial charge in [-0.25, -0.2) is 0 Å². The number of ether oxygens (including phenoxy) is 2. The minimum absolute atomic E-state index is 0.381. The smallest absolute Gasteiger partial charge is 0.161 e. The number of hydrogen-bond acceptors (Lipinski definition) is 4. The van der Waals surface area contributed by atoms with Crippen LogP contribution in [0, 0.1) is 0 Å². The minimum atomic E-state index is 0.381. The summed E-state index contributed by atoms with van der Waals surface area (Å²) in [4.78, 5) is 0. The van der Waals surface area contributed by atoms with Crippen molar-refractivity contribution in [2.45, 2.75) is 58.7 Å². The molecule has 2 aromatic rings. The normalized spacial score (nSPS) is 16.5. The largest absolute Gasteiger partial charge is 0.493 e. The number of benzene rings is 1. The van der Waals surface area contributed by atoms with Crippen LogP contribution in [-0.2, 0) is 19.5 Å². The van der Waals surface area contributed by atoms with E-state index in [0.29, 0.717) is 12.6 Å². The van der Waals surface area contributed by atoms with Gasteiger partial charge in [0.1, 0.15) is 0 Å². The molecule has 1 atom stereocenters. The van der Waals surface area contributed by atoms with Gasteiger partial charge in [-0.05, 0) is 50.3 Å². The van der Waals surface area contributed by atoms with Gasteiger partial charge in [-0.2, -0.15) is 5.10 Å². The molecular weight excluding hydrogens is 314 g/mol. The molecule has 0 amide bonds. The molecule has 0 aliphatic heterocycles. The average Bonchev–Trinajstić information content (AvgIpc) is 3.08. The molecule has 1 aromatic heterocycles. The lowest BCUT2D eigenvalue weighted by Crippen LogP contribution is -2.25. The van der Waals surface area contributed by atoms with Crippen molar-refractivity contribution < 1.29 is 9.47 Å². The minimum Gasteiger partial charge on any atom is -0.493 e. The highest BCUT2D eigenvalue weighted by Crippen LogP contribution is 2.31. The highest BCUT2D eigenvalue weighted by molar-refractivity contribution is 5.43. The summed E-state index contributed by atoms with van der Waals surface area (Å²) in [6.45, 7) is 6.72. The molecule has 25 heavy (non-hydrogen) atoms. The van der Waals surface area contributed by atoms with Crippen LogP contribution in [0.3, 0.4) is 0 Å². The van der Waals surface area contributed by atoms with Gasteiger partial charge in [0.05, 0.1) is 19.9 Å². The van der Waals surface area contributed by atoms with Crippen molar-refractivity contribution in [2.75, 3.05) is 13.7 Å². The van der Waals surface area contributed by atoms with Gasteiger partial charge in [-0.3, -0.25) is 4.68 Å². The highest BCUT2D eigenvalue weighted by atomic mass is 16.5. The zero-order valence-corrected chi connectivity index (χ0v) is 15.5.